The molecule has 0 aliphatic rings. The smallest absolute Gasteiger partial charge is 0.272 e. The second kappa shape index (κ2) is 16.1. The minimum atomic E-state index is -0.602. The molecule has 0 heterocycles. The van der Waals surface area contributed by atoms with E-state index in [0.717, 1.165) is 0 Å². The van der Waals surface area contributed by atoms with Crippen LogP contribution in [-0.4, -0.2) is 49.2 Å². The lowest BCUT2D eigenvalue weighted by Crippen LogP contribution is -2.30. The molecule has 4 rings (SSSR count). The van der Waals surface area contributed by atoms with Crippen molar-refractivity contribution in [1.82, 2.24) is 5.32 Å². The molecule has 248 valence electrons. The molecule has 12 nitrogen and oxygen atoms in total. The number of thioether (sulfide) groups is 1. The number of nitrogens with one attached hydrogen (secondary N) is 3. The van der Waals surface area contributed by atoms with Gasteiger partial charge < -0.3 is 30.2 Å². The minimum Gasteiger partial charge on any atom is -0.493 e. The van der Waals surface area contributed by atoms with Crippen LogP contribution in [0.15, 0.2) is 95.5 Å². The van der Waals surface area contributed by atoms with Gasteiger partial charge in [0.25, 0.3) is 17.5 Å². The fourth-order valence-corrected chi connectivity index (χ4v) is 5.46. The van der Waals surface area contributed by atoms with Gasteiger partial charge in [-0.15, -0.1) is 11.8 Å². The van der Waals surface area contributed by atoms with E-state index in [2.05, 4.69) is 16.0 Å². The van der Waals surface area contributed by atoms with Gasteiger partial charge >= 0.3 is 0 Å². The third-order valence-corrected chi connectivity index (χ3v) is 8.07. The Kier molecular flexibility index (Phi) is 11.8. The summed E-state index contributed by atoms with van der Waals surface area (Å²) in [6, 6.07) is 22.9. The highest BCUT2D eigenvalue weighted by Gasteiger charge is 2.20. The van der Waals surface area contributed by atoms with E-state index in [-0.39, 0.29) is 17.3 Å². The largest absolute Gasteiger partial charge is 0.493 e. The van der Waals surface area contributed by atoms with E-state index in [0.29, 0.717) is 50.2 Å². The third-order valence-electron chi connectivity index (χ3n) is 6.98. The number of amides is 3. The summed E-state index contributed by atoms with van der Waals surface area (Å²) in [5.74, 6) is -0.290. The number of rotatable bonds is 13. The van der Waals surface area contributed by atoms with E-state index in [1.807, 2.05) is 0 Å². The van der Waals surface area contributed by atoms with Crippen LogP contribution in [0, 0.1) is 17.0 Å². The molecule has 1 atom stereocenters. The number of hydrogen-bond donors (Lipinski definition) is 3. The minimum absolute atomic E-state index is 0.0533. The number of nitro groups is 1. The average Bonchev–Trinajstić information content (AvgIpc) is 3.08. The summed E-state index contributed by atoms with van der Waals surface area (Å²) >= 11 is 1.26. The number of nitro benzene ring substituents is 1. The Bertz CT molecular complexity index is 1840. The lowest BCUT2D eigenvalue weighted by atomic mass is 10.1. The quantitative estimate of drug-likeness (QED) is 0.0628. The lowest BCUT2D eigenvalue weighted by Gasteiger charge is -2.15. The molecule has 0 bridgehead atoms. The fourth-order valence-electron chi connectivity index (χ4n) is 4.53. The Hall–Kier alpha value is -5.82. The van der Waals surface area contributed by atoms with Gasteiger partial charge in [-0.1, -0.05) is 24.3 Å². The number of hydrogen-bond acceptors (Lipinski definition) is 9. The highest BCUT2D eigenvalue weighted by atomic mass is 32.2. The van der Waals surface area contributed by atoms with Crippen molar-refractivity contribution in [2.24, 2.45) is 0 Å². The Balaban J connectivity index is 1.55. The molecule has 0 saturated heterocycles. The molecule has 4 aromatic rings. The number of nitrogens with zero attached hydrogens (tertiary/aromatic N) is 1. The van der Waals surface area contributed by atoms with Crippen molar-refractivity contribution in [3.8, 4) is 17.2 Å². The highest BCUT2D eigenvalue weighted by Crippen LogP contribution is 2.38. The molecule has 0 radical (unpaired) electrons. The number of ether oxygens (including phenoxy) is 3. The molecule has 48 heavy (non-hydrogen) atoms. The molecule has 3 N–H and O–H groups in total. The second-order valence-corrected chi connectivity index (χ2v) is 11.7. The number of benzene rings is 4. The van der Waals surface area contributed by atoms with Crippen LogP contribution >= 0.6 is 11.8 Å². The van der Waals surface area contributed by atoms with Gasteiger partial charge in [-0.05, 0) is 79.6 Å². The fraction of sp³-hybridized carbons (Fsp3) is 0.171. The van der Waals surface area contributed by atoms with Crippen LogP contribution in [0.25, 0.3) is 6.08 Å². The summed E-state index contributed by atoms with van der Waals surface area (Å²) in [5, 5.41) is 18.8. The van der Waals surface area contributed by atoms with Crippen LogP contribution in [-0.2, 0) is 9.59 Å². The van der Waals surface area contributed by atoms with Crippen LogP contribution < -0.4 is 30.2 Å². The standard InChI is InChI=1S/C35H34N4O8S/c1-21-16-26(39(43)44)14-15-28(21)37-33(40)22(2)48-27-13-9-12-25(20-27)36-35(42)29(38-34(41)24-10-7-6-8-11-24)17-23-18-30(45-3)32(47-5)31(19-23)46-4/h6-20,22H,1-5H3,(H,36,42)(H,37,40)(H,38,41)/b29-17+. The van der Waals surface area contributed by atoms with Crippen molar-refractivity contribution in [3.05, 3.63) is 117 Å². The van der Waals surface area contributed by atoms with Gasteiger partial charge in [-0.2, -0.15) is 0 Å². The molecule has 0 fully saturated rings. The first-order valence-corrected chi connectivity index (χ1v) is 15.4. The molecule has 0 aliphatic carbocycles. The summed E-state index contributed by atoms with van der Waals surface area (Å²) in [5.41, 5.74) is 2.20. The Labute approximate surface area is 281 Å². The summed E-state index contributed by atoms with van der Waals surface area (Å²) in [6.07, 6.45) is 1.49. The number of carbonyl (C=O) groups is 3. The maximum atomic E-state index is 13.7. The van der Waals surface area contributed by atoms with Gasteiger partial charge in [0.1, 0.15) is 5.70 Å². The summed E-state index contributed by atoms with van der Waals surface area (Å²) < 4.78 is 16.3. The van der Waals surface area contributed by atoms with Crippen molar-refractivity contribution in [1.29, 1.82) is 0 Å². The second-order valence-electron chi connectivity index (χ2n) is 10.3. The SMILES string of the molecule is COc1cc(/C=C(/NC(=O)c2ccccc2)C(=O)Nc2cccc(SC(C)C(=O)Nc3ccc([N+](=O)[O-])cc3C)c2)cc(OC)c1OC. The third kappa shape index (κ3) is 8.91. The normalized spacial score (nSPS) is 11.6. The lowest BCUT2D eigenvalue weighted by molar-refractivity contribution is -0.384. The Morgan fingerprint density at radius 3 is 2.15 bits per heavy atom. The molecular formula is C35H34N4O8S. The molecule has 4 aromatic carbocycles. The zero-order chi connectivity index (χ0) is 34.8. The maximum Gasteiger partial charge on any atom is 0.272 e. The first-order chi connectivity index (χ1) is 23.0. The Morgan fingerprint density at radius 2 is 1.54 bits per heavy atom. The Morgan fingerprint density at radius 1 is 0.854 bits per heavy atom. The van der Waals surface area contributed by atoms with E-state index in [1.54, 1.807) is 80.6 Å². The molecule has 1 unspecified atom stereocenters. The van der Waals surface area contributed by atoms with Gasteiger partial charge in [0, 0.05) is 34.0 Å². The molecule has 0 saturated carbocycles. The first kappa shape index (κ1) is 35.0. The van der Waals surface area contributed by atoms with Crippen LogP contribution in [0.5, 0.6) is 17.2 Å². The summed E-state index contributed by atoms with van der Waals surface area (Å²) in [4.78, 5) is 51.0. The van der Waals surface area contributed by atoms with Gasteiger partial charge in [0.2, 0.25) is 11.7 Å². The topological polar surface area (TPSA) is 158 Å². The van der Waals surface area contributed by atoms with Gasteiger partial charge in [0.05, 0.1) is 31.5 Å². The zero-order valence-electron chi connectivity index (χ0n) is 26.9. The van der Waals surface area contributed by atoms with E-state index in [1.165, 1.54) is 57.4 Å². The summed E-state index contributed by atoms with van der Waals surface area (Å²) in [7, 11) is 4.43. The summed E-state index contributed by atoms with van der Waals surface area (Å²) in [6.45, 7) is 3.41. The van der Waals surface area contributed by atoms with Crippen molar-refractivity contribution in [2.75, 3.05) is 32.0 Å². The maximum absolute atomic E-state index is 13.7. The number of methoxy groups -OCH3 is 3. The van der Waals surface area contributed by atoms with Crippen molar-refractivity contribution >= 4 is 52.6 Å². The van der Waals surface area contributed by atoms with E-state index in [9.17, 15) is 24.5 Å². The van der Waals surface area contributed by atoms with Crippen LogP contribution in [0.3, 0.4) is 0 Å². The van der Waals surface area contributed by atoms with Crippen LogP contribution in [0.2, 0.25) is 0 Å². The molecule has 0 spiro atoms. The van der Waals surface area contributed by atoms with Crippen molar-refractivity contribution < 1.29 is 33.5 Å². The van der Waals surface area contributed by atoms with E-state index in [4.69, 9.17) is 14.2 Å². The molecule has 3 amide bonds. The van der Waals surface area contributed by atoms with E-state index < -0.39 is 22.0 Å². The van der Waals surface area contributed by atoms with Crippen molar-refractivity contribution in [2.45, 2.75) is 24.0 Å². The van der Waals surface area contributed by atoms with Crippen LogP contribution in [0.4, 0.5) is 17.1 Å². The van der Waals surface area contributed by atoms with Gasteiger partial charge in [-0.25, -0.2) is 0 Å². The van der Waals surface area contributed by atoms with Crippen molar-refractivity contribution in [3.63, 3.8) is 0 Å². The number of anilines is 2. The molecule has 13 heteroatoms. The van der Waals surface area contributed by atoms with Gasteiger partial charge in [-0.3, -0.25) is 24.5 Å². The van der Waals surface area contributed by atoms with Crippen LogP contribution in [0.1, 0.15) is 28.4 Å². The monoisotopic (exact) mass is 670 g/mol. The highest BCUT2D eigenvalue weighted by molar-refractivity contribution is 8.00. The van der Waals surface area contributed by atoms with E-state index >= 15 is 0 Å². The van der Waals surface area contributed by atoms with Gasteiger partial charge in [0.15, 0.2) is 11.5 Å². The first-order valence-electron chi connectivity index (χ1n) is 14.5. The number of non-ortho nitro benzene ring substituents is 1. The molecular weight excluding hydrogens is 636 g/mol. The molecule has 0 aliphatic heterocycles. The average molecular weight is 671 g/mol. The molecule has 0 aromatic heterocycles. The number of aryl methyl sites for hydroxylation is 1. The predicted octanol–water partition coefficient (Wildman–Crippen LogP) is 6.46. The zero-order valence-corrected chi connectivity index (χ0v) is 27.7. The number of carbonyl (C=O) groups excluding carboxylic acids is 3. The predicted molar refractivity (Wildman–Crippen MR) is 185 cm³/mol.